The number of esters is 1. The molecule has 25 heavy (non-hydrogen) atoms. The van der Waals surface area contributed by atoms with Crippen molar-refractivity contribution < 1.29 is 28.0 Å². The first-order valence-electron chi connectivity index (χ1n) is 6.99. The molecule has 7 nitrogen and oxygen atoms in total. The first kappa shape index (κ1) is 18.0. The molecule has 0 fully saturated rings. The zero-order valence-corrected chi connectivity index (χ0v) is 12.7. The van der Waals surface area contributed by atoms with E-state index >= 15 is 0 Å². The van der Waals surface area contributed by atoms with E-state index in [9.17, 15) is 28.5 Å². The number of carbonyl (C=O) groups excluding carboxylic acids is 2. The van der Waals surface area contributed by atoms with Crippen LogP contribution in [0.25, 0.3) is 0 Å². The molecule has 0 aliphatic rings. The molecule has 2 aromatic rings. The maximum atomic E-state index is 13.4. The van der Waals surface area contributed by atoms with E-state index in [0.717, 1.165) is 12.1 Å². The fraction of sp³-hybridized carbons (Fsp3) is 0.125. The summed E-state index contributed by atoms with van der Waals surface area (Å²) in [5, 5.41) is 12.8. The Morgan fingerprint density at radius 2 is 1.92 bits per heavy atom. The molecule has 130 valence electrons. The molecule has 9 heteroatoms. The van der Waals surface area contributed by atoms with Crippen molar-refractivity contribution in [3.63, 3.8) is 0 Å². The molecule has 0 heterocycles. The predicted molar refractivity (Wildman–Crippen MR) is 81.6 cm³/mol. The highest BCUT2D eigenvalue weighted by molar-refractivity contribution is 5.96. The smallest absolute Gasteiger partial charge is 0.325 e. The molecule has 2 aromatic carbocycles. The standard InChI is InChI=1S/C16H12F2N2O5/c17-11-4-5-13(14(18)7-11)16(22)19-8-15(21)25-9-10-2-1-3-12(6-10)20(23)24/h1-7H,8-9H2,(H,19,22). The molecule has 0 aromatic heterocycles. The molecule has 0 unspecified atom stereocenters. The maximum absolute atomic E-state index is 13.4. The Balaban J connectivity index is 1.85. The van der Waals surface area contributed by atoms with Gasteiger partial charge < -0.3 is 10.1 Å². The van der Waals surface area contributed by atoms with Gasteiger partial charge in [0.2, 0.25) is 0 Å². The molecule has 0 spiro atoms. The van der Waals surface area contributed by atoms with E-state index in [0.29, 0.717) is 11.6 Å². The minimum absolute atomic E-state index is 0.145. The summed E-state index contributed by atoms with van der Waals surface area (Å²) in [5.41, 5.74) is -0.153. The number of halogens is 2. The maximum Gasteiger partial charge on any atom is 0.325 e. The molecule has 0 aliphatic heterocycles. The lowest BCUT2D eigenvalue weighted by molar-refractivity contribution is -0.384. The van der Waals surface area contributed by atoms with Gasteiger partial charge in [-0.3, -0.25) is 19.7 Å². The van der Waals surface area contributed by atoms with Gasteiger partial charge >= 0.3 is 5.97 Å². The molecule has 1 N–H and O–H groups in total. The normalized spacial score (nSPS) is 10.2. The fourth-order valence-corrected chi connectivity index (χ4v) is 1.90. The number of ether oxygens (including phenoxy) is 1. The molecule has 1 amide bonds. The highest BCUT2D eigenvalue weighted by Crippen LogP contribution is 2.14. The highest BCUT2D eigenvalue weighted by Gasteiger charge is 2.14. The van der Waals surface area contributed by atoms with Gasteiger partial charge in [-0.05, 0) is 17.7 Å². The van der Waals surface area contributed by atoms with Gasteiger partial charge in [-0.1, -0.05) is 12.1 Å². The number of hydrogen-bond donors (Lipinski definition) is 1. The van der Waals surface area contributed by atoms with Crippen molar-refractivity contribution in [1.82, 2.24) is 5.32 Å². The number of carbonyl (C=O) groups is 2. The average molecular weight is 350 g/mol. The molecule has 0 saturated carbocycles. The summed E-state index contributed by atoms with van der Waals surface area (Å²) >= 11 is 0. The van der Waals surface area contributed by atoms with E-state index in [1.54, 1.807) is 0 Å². The number of benzene rings is 2. The number of nitrogens with zero attached hydrogens (tertiary/aromatic N) is 1. The first-order chi connectivity index (χ1) is 11.9. The molecule has 2 rings (SSSR count). The van der Waals surface area contributed by atoms with Gasteiger partial charge in [0, 0.05) is 18.2 Å². The van der Waals surface area contributed by atoms with Gasteiger partial charge in [-0.15, -0.1) is 0 Å². The van der Waals surface area contributed by atoms with Crippen molar-refractivity contribution in [2.45, 2.75) is 6.61 Å². The van der Waals surface area contributed by atoms with Gasteiger partial charge in [-0.2, -0.15) is 0 Å². The van der Waals surface area contributed by atoms with Crippen molar-refractivity contribution in [2.75, 3.05) is 6.54 Å². The summed E-state index contributed by atoms with van der Waals surface area (Å²) in [5.74, 6) is -3.60. The summed E-state index contributed by atoms with van der Waals surface area (Å²) in [6, 6.07) is 7.94. The van der Waals surface area contributed by atoms with Crippen LogP contribution in [0.15, 0.2) is 42.5 Å². The van der Waals surface area contributed by atoms with Crippen LogP contribution in [0.3, 0.4) is 0 Å². The van der Waals surface area contributed by atoms with Crippen LogP contribution in [0, 0.1) is 21.7 Å². The molecule has 0 radical (unpaired) electrons. The predicted octanol–water partition coefficient (Wildman–Crippen LogP) is 2.35. The number of nitro benzene ring substituents is 1. The number of rotatable bonds is 6. The van der Waals surface area contributed by atoms with Gasteiger partial charge in [0.15, 0.2) is 0 Å². The van der Waals surface area contributed by atoms with Gasteiger partial charge in [0.1, 0.15) is 24.8 Å². The summed E-state index contributed by atoms with van der Waals surface area (Å²) in [6.45, 7) is -0.758. The second kappa shape index (κ2) is 7.95. The lowest BCUT2D eigenvalue weighted by atomic mass is 10.2. The van der Waals surface area contributed by atoms with Crippen LogP contribution in [0.2, 0.25) is 0 Å². The molecule has 0 saturated heterocycles. The lowest BCUT2D eigenvalue weighted by Gasteiger charge is -2.07. The molecule has 0 aliphatic carbocycles. The summed E-state index contributed by atoms with van der Waals surface area (Å²) < 4.78 is 31.1. The number of non-ortho nitro benzene ring substituents is 1. The van der Waals surface area contributed by atoms with Gasteiger partial charge in [0.05, 0.1) is 10.5 Å². The Morgan fingerprint density at radius 3 is 2.60 bits per heavy atom. The third-order valence-electron chi connectivity index (χ3n) is 3.09. The first-order valence-corrected chi connectivity index (χ1v) is 6.99. The number of amides is 1. The van der Waals surface area contributed by atoms with Crippen molar-refractivity contribution in [3.05, 3.63) is 75.3 Å². The highest BCUT2D eigenvalue weighted by atomic mass is 19.1. The summed E-state index contributed by atoms with van der Waals surface area (Å²) in [4.78, 5) is 33.4. The second-order valence-electron chi connectivity index (χ2n) is 4.89. The van der Waals surface area contributed by atoms with Gasteiger partial charge in [-0.25, -0.2) is 8.78 Å². The van der Waals surface area contributed by atoms with E-state index in [4.69, 9.17) is 4.74 Å². The minimum atomic E-state index is -1.05. The van der Waals surface area contributed by atoms with Crippen LogP contribution in [-0.2, 0) is 16.1 Å². The molecular weight excluding hydrogens is 338 g/mol. The number of nitrogens with one attached hydrogen (secondary N) is 1. The quantitative estimate of drug-likeness (QED) is 0.490. The van der Waals surface area contributed by atoms with E-state index < -0.39 is 40.5 Å². The fourth-order valence-electron chi connectivity index (χ4n) is 1.90. The minimum Gasteiger partial charge on any atom is -0.459 e. The van der Waals surface area contributed by atoms with Crippen LogP contribution >= 0.6 is 0 Å². The lowest BCUT2D eigenvalue weighted by Crippen LogP contribution is -2.31. The van der Waals surface area contributed by atoms with E-state index in [-0.39, 0.29) is 12.3 Å². The molecular formula is C16H12F2N2O5. The Hall–Kier alpha value is -3.36. The van der Waals surface area contributed by atoms with Crippen molar-refractivity contribution >= 4 is 17.6 Å². The average Bonchev–Trinajstić information content (AvgIpc) is 2.58. The van der Waals surface area contributed by atoms with E-state index in [2.05, 4.69) is 5.32 Å². The van der Waals surface area contributed by atoms with E-state index in [1.165, 1.54) is 24.3 Å². The summed E-state index contributed by atoms with van der Waals surface area (Å²) in [7, 11) is 0. The monoisotopic (exact) mass is 350 g/mol. The van der Waals surface area contributed by atoms with Crippen molar-refractivity contribution in [2.24, 2.45) is 0 Å². The third-order valence-corrected chi connectivity index (χ3v) is 3.09. The Bertz CT molecular complexity index is 826. The Morgan fingerprint density at radius 1 is 1.16 bits per heavy atom. The third kappa shape index (κ3) is 5.06. The molecule has 0 bridgehead atoms. The zero-order valence-electron chi connectivity index (χ0n) is 12.7. The largest absolute Gasteiger partial charge is 0.459 e. The summed E-state index contributed by atoms with van der Waals surface area (Å²) in [6.07, 6.45) is 0. The number of hydrogen-bond acceptors (Lipinski definition) is 5. The van der Waals surface area contributed by atoms with Crippen LogP contribution in [-0.4, -0.2) is 23.3 Å². The second-order valence-corrected chi connectivity index (χ2v) is 4.89. The van der Waals surface area contributed by atoms with Crippen LogP contribution in [0.1, 0.15) is 15.9 Å². The van der Waals surface area contributed by atoms with Crippen LogP contribution in [0.4, 0.5) is 14.5 Å². The molecule has 0 atom stereocenters. The number of nitro groups is 1. The Labute approximate surface area is 140 Å². The SMILES string of the molecule is O=C(CNC(=O)c1ccc(F)cc1F)OCc1cccc([N+](=O)[O-])c1. The zero-order chi connectivity index (χ0) is 18.4. The Kier molecular flexibility index (Phi) is 5.72. The van der Waals surface area contributed by atoms with E-state index in [1.807, 2.05) is 0 Å². The van der Waals surface area contributed by atoms with Crippen LogP contribution in [0.5, 0.6) is 0 Å². The van der Waals surface area contributed by atoms with Crippen molar-refractivity contribution in [3.8, 4) is 0 Å². The van der Waals surface area contributed by atoms with Crippen molar-refractivity contribution in [1.29, 1.82) is 0 Å². The van der Waals surface area contributed by atoms with Crippen LogP contribution < -0.4 is 5.32 Å². The topological polar surface area (TPSA) is 98.5 Å². The van der Waals surface area contributed by atoms with Gasteiger partial charge in [0.25, 0.3) is 11.6 Å².